The van der Waals surface area contributed by atoms with E-state index in [1.54, 1.807) is 12.3 Å². The third-order valence-electron chi connectivity index (χ3n) is 6.73. The van der Waals surface area contributed by atoms with Gasteiger partial charge in [-0.1, -0.05) is 69.6 Å². The molecule has 2 heterocycles. The molecule has 0 N–H and O–H groups in total. The van der Waals surface area contributed by atoms with Gasteiger partial charge in [0.25, 0.3) is 5.91 Å². The zero-order valence-electron chi connectivity index (χ0n) is 23.9. The van der Waals surface area contributed by atoms with Crippen molar-refractivity contribution in [2.45, 2.75) is 67.2 Å². The Kier molecular flexibility index (Phi) is 13.9. The summed E-state index contributed by atoms with van der Waals surface area (Å²) in [5, 5.41) is 8.63. The molecular formula is C32H44ClN3O2. The van der Waals surface area contributed by atoms with Crippen molar-refractivity contribution in [1.82, 2.24) is 15.1 Å². The molecule has 0 radical (unpaired) electrons. The molecule has 2 atom stereocenters. The Morgan fingerprint density at radius 2 is 1.92 bits per heavy atom. The van der Waals surface area contributed by atoms with Crippen molar-refractivity contribution in [1.29, 1.82) is 0 Å². The Morgan fingerprint density at radius 1 is 1.18 bits per heavy atom. The van der Waals surface area contributed by atoms with E-state index in [1.165, 1.54) is 11.1 Å². The molecule has 1 amide bonds. The normalized spacial score (nSPS) is 21.8. The molecule has 2 aliphatic rings. The minimum absolute atomic E-state index is 0.0371. The summed E-state index contributed by atoms with van der Waals surface area (Å²) in [6, 6.07) is 11.2. The molecule has 4 rings (SSSR count). The number of amides is 1. The maximum atomic E-state index is 12.7. The van der Waals surface area contributed by atoms with E-state index < -0.39 is 0 Å². The monoisotopic (exact) mass is 537 g/mol. The van der Waals surface area contributed by atoms with Crippen LogP contribution in [-0.4, -0.2) is 40.7 Å². The van der Waals surface area contributed by atoms with Crippen LogP contribution < -0.4 is 0 Å². The fraction of sp³-hybridized carbons (Fsp3) is 0.469. The van der Waals surface area contributed by atoms with E-state index in [1.807, 2.05) is 56.0 Å². The smallest absolute Gasteiger partial charge is 0.255 e. The number of ether oxygens (including phenoxy) is 1. The molecule has 1 aliphatic carbocycles. The number of nitrogens with zero attached hydrogens (tertiary/aromatic N) is 3. The van der Waals surface area contributed by atoms with Crippen molar-refractivity contribution >= 4 is 17.5 Å². The van der Waals surface area contributed by atoms with E-state index >= 15 is 0 Å². The Morgan fingerprint density at radius 3 is 2.55 bits per heavy atom. The van der Waals surface area contributed by atoms with E-state index in [9.17, 15) is 4.79 Å². The zero-order chi connectivity index (χ0) is 27.9. The van der Waals surface area contributed by atoms with E-state index in [0.29, 0.717) is 24.0 Å². The van der Waals surface area contributed by atoms with E-state index in [-0.39, 0.29) is 5.91 Å². The number of hydrogen-bond acceptors (Lipinski definition) is 4. The first kappa shape index (κ1) is 31.3. The third-order valence-corrected chi connectivity index (χ3v) is 6.98. The highest BCUT2D eigenvalue weighted by Crippen LogP contribution is 2.25. The lowest BCUT2D eigenvalue weighted by Crippen LogP contribution is -2.29. The third kappa shape index (κ3) is 10.1. The lowest BCUT2D eigenvalue weighted by Gasteiger charge is -2.19. The van der Waals surface area contributed by atoms with E-state index in [4.69, 9.17) is 16.3 Å². The molecule has 1 aromatic heterocycles. The van der Waals surface area contributed by atoms with Crippen LogP contribution in [0.25, 0.3) is 0 Å². The molecule has 2 aromatic rings. The van der Waals surface area contributed by atoms with Crippen LogP contribution in [0.15, 0.2) is 77.7 Å². The predicted molar refractivity (Wildman–Crippen MR) is 158 cm³/mol. The lowest BCUT2D eigenvalue weighted by atomic mass is 9.94. The van der Waals surface area contributed by atoms with Gasteiger partial charge in [-0.2, -0.15) is 10.2 Å². The Labute approximate surface area is 234 Å². The van der Waals surface area contributed by atoms with Gasteiger partial charge in [-0.05, 0) is 80.9 Å². The van der Waals surface area contributed by atoms with Gasteiger partial charge in [-0.25, -0.2) is 0 Å². The Hall–Kier alpha value is -2.92. The summed E-state index contributed by atoms with van der Waals surface area (Å²) in [6.07, 6.45) is 12.5. The SMILES string of the molecule is CC.CCC(C)C1=C/CC/C(C)=C(OC[C@@H]2CCN(C(=O)c3cnnc(C)c3)C2)/C=C\1.Clc1ccccc1. The topological polar surface area (TPSA) is 55.3 Å². The average molecular weight is 538 g/mol. The van der Waals surface area contributed by atoms with Crippen LogP contribution in [0.3, 0.4) is 0 Å². The molecule has 5 nitrogen and oxygen atoms in total. The second kappa shape index (κ2) is 16.8. The number of carbonyl (C=O) groups excluding carboxylic acids is 1. The Bertz CT molecular complexity index is 1090. The summed E-state index contributed by atoms with van der Waals surface area (Å²) in [7, 11) is 0. The van der Waals surface area contributed by atoms with Crippen molar-refractivity contribution in [3.05, 3.63) is 94.0 Å². The van der Waals surface area contributed by atoms with Crippen molar-refractivity contribution in [3.63, 3.8) is 0 Å². The number of likely N-dealkylation sites (tertiary alicyclic amines) is 1. The molecule has 0 spiro atoms. The van der Waals surface area contributed by atoms with Crippen LogP contribution in [-0.2, 0) is 4.74 Å². The van der Waals surface area contributed by atoms with Gasteiger partial charge >= 0.3 is 0 Å². The van der Waals surface area contributed by atoms with Crippen LogP contribution in [0.1, 0.15) is 76.4 Å². The second-order valence-electron chi connectivity index (χ2n) is 9.63. The van der Waals surface area contributed by atoms with Crippen LogP contribution in [0.4, 0.5) is 0 Å². The van der Waals surface area contributed by atoms with Gasteiger partial charge < -0.3 is 9.64 Å². The molecule has 0 bridgehead atoms. The van der Waals surface area contributed by atoms with Gasteiger partial charge in [0.2, 0.25) is 0 Å². The van der Waals surface area contributed by atoms with Crippen molar-refractivity contribution in [2.75, 3.05) is 19.7 Å². The molecular weight excluding hydrogens is 494 g/mol. The number of allylic oxidation sites excluding steroid dienone is 5. The highest BCUT2D eigenvalue weighted by molar-refractivity contribution is 6.30. The molecule has 1 aliphatic heterocycles. The number of hydrogen-bond donors (Lipinski definition) is 0. The van der Waals surface area contributed by atoms with Crippen LogP contribution in [0.2, 0.25) is 5.02 Å². The minimum Gasteiger partial charge on any atom is -0.493 e. The second-order valence-corrected chi connectivity index (χ2v) is 10.1. The summed E-state index contributed by atoms with van der Waals surface area (Å²) >= 11 is 5.54. The number of rotatable bonds is 6. The molecule has 1 unspecified atom stereocenters. The average Bonchev–Trinajstić information content (AvgIpc) is 3.40. The maximum Gasteiger partial charge on any atom is 0.255 e. The van der Waals surface area contributed by atoms with Gasteiger partial charge in [-0.3, -0.25) is 4.79 Å². The highest BCUT2D eigenvalue weighted by Gasteiger charge is 2.28. The van der Waals surface area contributed by atoms with Gasteiger partial charge in [0, 0.05) is 24.0 Å². The highest BCUT2D eigenvalue weighted by atomic mass is 35.5. The summed E-state index contributed by atoms with van der Waals surface area (Å²) in [5.41, 5.74) is 4.08. The number of carbonyl (C=O) groups is 1. The number of aromatic nitrogens is 2. The number of benzene rings is 1. The van der Waals surface area contributed by atoms with Gasteiger partial charge in [0.15, 0.2) is 0 Å². The minimum atomic E-state index is 0.0371. The lowest BCUT2D eigenvalue weighted by molar-refractivity contribution is 0.0777. The summed E-state index contributed by atoms with van der Waals surface area (Å²) in [5.74, 6) is 1.97. The van der Waals surface area contributed by atoms with Gasteiger partial charge in [-0.15, -0.1) is 0 Å². The van der Waals surface area contributed by atoms with Crippen LogP contribution >= 0.6 is 11.6 Å². The summed E-state index contributed by atoms with van der Waals surface area (Å²) in [4.78, 5) is 14.6. The van der Waals surface area contributed by atoms with Crippen LogP contribution in [0.5, 0.6) is 0 Å². The first-order valence-electron chi connectivity index (χ1n) is 13.9. The predicted octanol–water partition coefficient (Wildman–Crippen LogP) is 8.23. The maximum absolute atomic E-state index is 12.7. The first-order chi connectivity index (χ1) is 18.4. The Balaban J connectivity index is 0.000000481. The van der Waals surface area contributed by atoms with E-state index in [0.717, 1.165) is 55.2 Å². The van der Waals surface area contributed by atoms with Crippen molar-refractivity contribution in [3.8, 4) is 0 Å². The first-order valence-corrected chi connectivity index (χ1v) is 14.2. The largest absolute Gasteiger partial charge is 0.493 e. The number of halogens is 1. The summed E-state index contributed by atoms with van der Waals surface area (Å²) in [6.45, 7) is 14.7. The fourth-order valence-electron chi connectivity index (χ4n) is 4.28. The standard InChI is InChI=1S/C24H33N3O2.C6H5Cl.C2H6/c1-5-17(2)21-8-6-7-18(3)23(10-9-21)29-16-20-11-12-27(15-20)24(28)22-13-19(4)26-25-14-22;7-6-4-2-1-3-5-6;1-2/h8-10,13-14,17,20H,5-7,11-12,15-16H2,1-4H3;1-5H;1-2H3/b10-9-,21-8+,23-18-;;/t17?,20-;;/m1../s1. The van der Waals surface area contributed by atoms with Gasteiger partial charge in [0.05, 0.1) is 24.1 Å². The molecule has 0 saturated carbocycles. The fourth-order valence-corrected chi connectivity index (χ4v) is 4.43. The van der Waals surface area contributed by atoms with Gasteiger partial charge in [0.1, 0.15) is 5.76 Å². The van der Waals surface area contributed by atoms with E-state index in [2.05, 4.69) is 49.2 Å². The van der Waals surface area contributed by atoms with Crippen molar-refractivity contribution < 1.29 is 9.53 Å². The summed E-state index contributed by atoms with van der Waals surface area (Å²) < 4.78 is 6.23. The zero-order valence-corrected chi connectivity index (χ0v) is 24.7. The molecule has 38 heavy (non-hydrogen) atoms. The molecule has 206 valence electrons. The molecule has 1 saturated heterocycles. The quantitative estimate of drug-likeness (QED) is 0.372. The molecule has 6 heteroatoms. The molecule has 1 fully saturated rings. The molecule has 1 aromatic carbocycles. The number of aryl methyl sites for hydroxylation is 1. The van der Waals surface area contributed by atoms with Crippen LogP contribution in [0, 0.1) is 18.8 Å². The van der Waals surface area contributed by atoms with Crippen molar-refractivity contribution in [2.24, 2.45) is 11.8 Å².